The maximum absolute atomic E-state index is 11.0. The zero-order valence-corrected chi connectivity index (χ0v) is 9.76. The van der Waals surface area contributed by atoms with Crippen molar-refractivity contribution in [1.29, 1.82) is 0 Å². The largest absolute Gasteiger partial charge is 0.477 e. The van der Waals surface area contributed by atoms with Crippen molar-refractivity contribution in [2.24, 2.45) is 5.92 Å². The molecule has 1 aromatic rings. The topological polar surface area (TPSA) is 92.5 Å². The van der Waals surface area contributed by atoms with Crippen molar-refractivity contribution in [2.45, 2.75) is 19.3 Å². The number of nitrogens with one attached hydrogen (secondary N) is 1. The van der Waals surface area contributed by atoms with Gasteiger partial charge in [-0.05, 0) is 30.9 Å². The third-order valence-electron chi connectivity index (χ3n) is 3.24. The van der Waals surface area contributed by atoms with Crippen molar-refractivity contribution in [2.75, 3.05) is 11.9 Å². The first-order chi connectivity index (χ1) is 8.58. The molecule has 0 saturated heterocycles. The van der Waals surface area contributed by atoms with Crippen LogP contribution in [0.1, 0.15) is 29.6 Å². The lowest BCUT2D eigenvalue weighted by atomic mass is 9.85. The fraction of sp³-hybridized carbons (Fsp3) is 0.417. The number of nitro groups is 1. The molecule has 0 amide bonds. The number of nitro benzene ring substituents is 1. The standard InChI is InChI=1S/C12H14N2O4/c15-12(16)10-6-9(4-5-11(10)14(17)18)13-7-8-2-1-3-8/h4-6,8,13H,1-3,7H2,(H,15,16). The second-order valence-electron chi connectivity index (χ2n) is 4.47. The van der Waals surface area contributed by atoms with Gasteiger partial charge in [0.1, 0.15) is 5.56 Å². The highest BCUT2D eigenvalue weighted by atomic mass is 16.6. The Hall–Kier alpha value is -2.11. The second kappa shape index (κ2) is 5.03. The molecule has 0 heterocycles. The second-order valence-corrected chi connectivity index (χ2v) is 4.47. The van der Waals surface area contributed by atoms with Crippen molar-refractivity contribution >= 4 is 17.3 Å². The summed E-state index contributed by atoms with van der Waals surface area (Å²) in [6, 6.07) is 4.09. The molecule has 6 nitrogen and oxygen atoms in total. The Balaban J connectivity index is 2.14. The number of anilines is 1. The molecule has 2 rings (SSSR count). The molecule has 0 atom stereocenters. The molecule has 0 aromatic heterocycles. The minimum absolute atomic E-state index is 0.279. The molecule has 6 heteroatoms. The minimum Gasteiger partial charge on any atom is -0.477 e. The number of hydrogen-bond acceptors (Lipinski definition) is 4. The Labute approximate surface area is 104 Å². The molecular weight excluding hydrogens is 236 g/mol. The molecule has 0 radical (unpaired) electrons. The Morgan fingerprint density at radius 2 is 2.22 bits per heavy atom. The molecule has 1 aliphatic carbocycles. The van der Waals surface area contributed by atoms with Crippen molar-refractivity contribution in [1.82, 2.24) is 0 Å². The van der Waals surface area contributed by atoms with Gasteiger partial charge in [-0.15, -0.1) is 0 Å². The third kappa shape index (κ3) is 2.58. The summed E-state index contributed by atoms with van der Waals surface area (Å²) in [5.74, 6) is -0.650. The number of rotatable bonds is 5. The number of benzene rings is 1. The van der Waals surface area contributed by atoms with Crippen LogP contribution in [0.3, 0.4) is 0 Å². The summed E-state index contributed by atoms with van der Waals surface area (Å²) in [6.07, 6.45) is 3.62. The molecule has 1 saturated carbocycles. The first kappa shape index (κ1) is 12.3. The molecule has 0 unspecified atom stereocenters. The maximum Gasteiger partial charge on any atom is 0.342 e. The van der Waals surface area contributed by atoms with E-state index in [0.29, 0.717) is 11.6 Å². The lowest BCUT2D eigenvalue weighted by Crippen LogP contribution is -2.21. The van der Waals surface area contributed by atoms with Crippen LogP contribution < -0.4 is 5.32 Å². The van der Waals surface area contributed by atoms with Gasteiger partial charge in [0.05, 0.1) is 4.92 Å². The lowest BCUT2D eigenvalue weighted by molar-refractivity contribution is -0.385. The Bertz CT molecular complexity index is 483. The van der Waals surface area contributed by atoms with Crippen LogP contribution >= 0.6 is 0 Å². The SMILES string of the molecule is O=C(O)c1cc(NCC2CCC2)ccc1[N+](=O)[O-]. The van der Waals surface area contributed by atoms with E-state index in [1.807, 2.05) is 0 Å². The van der Waals surface area contributed by atoms with E-state index in [0.717, 1.165) is 6.54 Å². The van der Waals surface area contributed by atoms with Gasteiger partial charge in [0, 0.05) is 18.3 Å². The number of nitrogens with zero attached hydrogens (tertiary/aromatic N) is 1. The van der Waals surface area contributed by atoms with Crippen LogP contribution in [0.15, 0.2) is 18.2 Å². The highest BCUT2D eigenvalue weighted by Crippen LogP contribution is 2.27. The van der Waals surface area contributed by atoms with E-state index < -0.39 is 10.9 Å². The van der Waals surface area contributed by atoms with Gasteiger partial charge < -0.3 is 10.4 Å². The fourth-order valence-electron chi connectivity index (χ4n) is 1.94. The normalized spacial score (nSPS) is 14.9. The van der Waals surface area contributed by atoms with E-state index in [2.05, 4.69) is 5.32 Å². The molecule has 0 spiro atoms. The number of carboxylic acid groups (broad SMARTS) is 1. The first-order valence-electron chi connectivity index (χ1n) is 5.83. The van der Waals surface area contributed by atoms with Crippen LogP contribution in [0.5, 0.6) is 0 Å². The Morgan fingerprint density at radius 1 is 1.50 bits per heavy atom. The summed E-state index contributed by atoms with van der Waals surface area (Å²) in [5, 5.41) is 22.7. The van der Waals surface area contributed by atoms with Gasteiger partial charge in [0.15, 0.2) is 0 Å². The van der Waals surface area contributed by atoms with E-state index in [1.54, 1.807) is 6.07 Å². The van der Waals surface area contributed by atoms with Crippen LogP contribution in [-0.4, -0.2) is 22.5 Å². The van der Waals surface area contributed by atoms with Crippen molar-refractivity contribution in [3.63, 3.8) is 0 Å². The fourth-order valence-corrected chi connectivity index (χ4v) is 1.94. The minimum atomic E-state index is -1.28. The summed E-state index contributed by atoms with van der Waals surface area (Å²) >= 11 is 0. The predicted octanol–water partition coefficient (Wildman–Crippen LogP) is 2.51. The summed E-state index contributed by atoms with van der Waals surface area (Å²) in [5.41, 5.74) is -0.0415. The molecule has 1 aromatic carbocycles. The van der Waals surface area contributed by atoms with Crippen molar-refractivity contribution in [3.05, 3.63) is 33.9 Å². The van der Waals surface area contributed by atoms with E-state index in [1.165, 1.54) is 31.4 Å². The predicted molar refractivity (Wildman–Crippen MR) is 65.9 cm³/mol. The van der Waals surface area contributed by atoms with Gasteiger partial charge in [-0.3, -0.25) is 10.1 Å². The molecule has 1 fully saturated rings. The van der Waals surface area contributed by atoms with Crippen LogP contribution in [0.4, 0.5) is 11.4 Å². The zero-order valence-electron chi connectivity index (χ0n) is 9.76. The molecular formula is C12H14N2O4. The quantitative estimate of drug-likeness (QED) is 0.618. The smallest absolute Gasteiger partial charge is 0.342 e. The van der Waals surface area contributed by atoms with Crippen LogP contribution in [0.25, 0.3) is 0 Å². The summed E-state index contributed by atoms with van der Waals surface area (Å²) in [7, 11) is 0. The summed E-state index contributed by atoms with van der Waals surface area (Å²) in [6.45, 7) is 0.789. The van der Waals surface area contributed by atoms with E-state index >= 15 is 0 Å². The Morgan fingerprint density at radius 3 is 2.72 bits per heavy atom. The van der Waals surface area contributed by atoms with Gasteiger partial charge in [-0.25, -0.2) is 4.79 Å². The first-order valence-corrected chi connectivity index (χ1v) is 5.83. The van der Waals surface area contributed by atoms with Gasteiger partial charge in [-0.1, -0.05) is 6.42 Å². The molecule has 2 N–H and O–H groups in total. The average Bonchev–Trinajstić information content (AvgIpc) is 2.26. The number of hydrogen-bond donors (Lipinski definition) is 2. The molecule has 0 aliphatic heterocycles. The Kier molecular flexibility index (Phi) is 3.45. The third-order valence-corrected chi connectivity index (χ3v) is 3.24. The van der Waals surface area contributed by atoms with E-state index in [9.17, 15) is 14.9 Å². The summed E-state index contributed by atoms with van der Waals surface area (Å²) < 4.78 is 0. The highest BCUT2D eigenvalue weighted by molar-refractivity contribution is 5.93. The van der Waals surface area contributed by atoms with Gasteiger partial charge >= 0.3 is 5.97 Å². The maximum atomic E-state index is 11.0. The molecule has 96 valence electrons. The zero-order chi connectivity index (χ0) is 13.1. The van der Waals surface area contributed by atoms with Gasteiger partial charge in [0.2, 0.25) is 0 Å². The van der Waals surface area contributed by atoms with Crippen LogP contribution in [0.2, 0.25) is 0 Å². The molecule has 18 heavy (non-hydrogen) atoms. The average molecular weight is 250 g/mol. The van der Waals surface area contributed by atoms with Crippen molar-refractivity contribution in [3.8, 4) is 0 Å². The molecule has 1 aliphatic rings. The van der Waals surface area contributed by atoms with Crippen LogP contribution in [0, 0.1) is 16.0 Å². The van der Waals surface area contributed by atoms with Gasteiger partial charge in [-0.2, -0.15) is 0 Å². The lowest BCUT2D eigenvalue weighted by Gasteiger charge is -2.25. The number of aromatic carboxylic acids is 1. The molecule has 0 bridgehead atoms. The van der Waals surface area contributed by atoms with Crippen molar-refractivity contribution < 1.29 is 14.8 Å². The van der Waals surface area contributed by atoms with E-state index in [-0.39, 0.29) is 11.3 Å². The van der Waals surface area contributed by atoms with Gasteiger partial charge in [0.25, 0.3) is 5.69 Å². The van der Waals surface area contributed by atoms with Crippen LogP contribution in [-0.2, 0) is 0 Å². The number of carbonyl (C=O) groups is 1. The highest BCUT2D eigenvalue weighted by Gasteiger charge is 2.21. The van der Waals surface area contributed by atoms with E-state index in [4.69, 9.17) is 5.11 Å². The number of carboxylic acids is 1. The monoisotopic (exact) mass is 250 g/mol. The summed E-state index contributed by atoms with van der Waals surface area (Å²) in [4.78, 5) is 21.0.